The molecule has 4 nitrogen and oxygen atoms in total. The smallest absolute Gasteiger partial charge is 0.191 e. The Morgan fingerprint density at radius 3 is 2.47 bits per heavy atom. The van der Waals surface area contributed by atoms with Crippen LogP contribution in [0.4, 0.5) is 0 Å². The molecule has 0 amide bonds. The number of unbranched alkanes of at least 4 members (excludes halogenated alkanes) is 2. The second-order valence-corrected chi connectivity index (χ2v) is 4.86. The lowest BCUT2D eigenvalue weighted by molar-refractivity contribution is 0.114. The van der Waals surface area contributed by atoms with Crippen molar-refractivity contribution in [1.29, 1.82) is 0 Å². The molecule has 0 aromatic rings. The van der Waals surface area contributed by atoms with Crippen LogP contribution in [0.25, 0.3) is 0 Å². The molecule has 5 heteroatoms. The molecule has 0 fully saturated rings. The Balaban J connectivity index is 0. The third-order valence-corrected chi connectivity index (χ3v) is 2.37. The molecule has 0 rings (SSSR count). The highest BCUT2D eigenvalue weighted by Crippen LogP contribution is 1.93. The molecule has 19 heavy (non-hydrogen) atoms. The molecule has 0 heterocycles. The van der Waals surface area contributed by atoms with Gasteiger partial charge in [-0.25, -0.2) is 0 Å². The van der Waals surface area contributed by atoms with E-state index >= 15 is 0 Å². The van der Waals surface area contributed by atoms with E-state index in [0.29, 0.717) is 5.92 Å². The molecule has 0 atom stereocenters. The first-order chi connectivity index (χ1) is 8.70. The first kappa shape index (κ1) is 21.3. The van der Waals surface area contributed by atoms with Crippen molar-refractivity contribution in [3.8, 4) is 0 Å². The van der Waals surface area contributed by atoms with E-state index in [4.69, 9.17) is 4.74 Å². The average Bonchev–Trinajstić information content (AvgIpc) is 2.33. The molecular weight excluding hydrogens is 353 g/mol. The summed E-state index contributed by atoms with van der Waals surface area (Å²) in [5.41, 5.74) is 0. The van der Waals surface area contributed by atoms with Crippen LogP contribution in [0.3, 0.4) is 0 Å². The maximum atomic E-state index is 5.52. The Kier molecular flexibility index (Phi) is 17.9. The normalized spacial score (nSPS) is 11.3. The van der Waals surface area contributed by atoms with E-state index in [0.717, 1.165) is 45.2 Å². The fourth-order valence-electron chi connectivity index (χ4n) is 1.46. The Labute approximate surface area is 136 Å². The Bertz CT molecular complexity index is 211. The van der Waals surface area contributed by atoms with E-state index in [9.17, 15) is 0 Å². The highest BCUT2D eigenvalue weighted by molar-refractivity contribution is 14.0. The fourth-order valence-corrected chi connectivity index (χ4v) is 1.46. The van der Waals surface area contributed by atoms with Gasteiger partial charge in [0.15, 0.2) is 5.96 Å². The van der Waals surface area contributed by atoms with Gasteiger partial charge in [0.1, 0.15) is 0 Å². The molecule has 0 aromatic carbocycles. The van der Waals surface area contributed by atoms with Gasteiger partial charge in [-0.3, -0.25) is 4.99 Å². The van der Waals surface area contributed by atoms with Crippen LogP contribution in [0.2, 0.25) is 0 Å². The minimum atomic E-state index is 0. The van der Waals surface area contributed by atoms with E-state index in [2.05, 4.69) is 43.3 Å². The summed E-state index contributed by atoms with van der Waals surface area (Å²) in [6.45, 7) is 12.8. The van der Waals surface area contributed by atoms with Gasteiger partial charge in [0, 0.05) is 26.2 Å². The molecule has 0 radical (unpaired) electrons. The van der Waals surface area contributed by atoms with Gasteiger partial charge >= 0.3 is 0 Å². The van der Waals surface area contributed by atoms with Gasteiger partial charge in [0.2, 0.25) is 0 Å². The van der Waals surface area contributed by atoms with Crippen molar-refractivity contribution < 1.29 is 4.74 Å². The van der Waals surface area contributed by atoms with Gasteiger partial charge < -0.3 is 15.4 Å². The number of halogens is 1. The molecule has 0 aliphatic rings. The topological polar surface area (TPSA) is 45.7 Å². The maximum absolute atomic E-state index is 5.52. The van der Waals surface area contributed by atoms with Crippen LogP contribution in [-0.4, -0.2) is 38.8 Å². The zero-order chi connectivity index (χ0) is 13.6. The molecule has 0 aliphatic carbocycles. The van der Waals surface area contributed by atoms with Gasteiger partial charge in [-0.05, 0) is 19.3 Å². The number of guanidine groups is 1. The predicted octanol–water partition coefficient (Wildman–Crippen LogP) is 3.02. The lowest BCUT2D eigenvalue weighted by Crippen LogP contribution is -2.39. The number of hydrogen-bond donors (Lipinski definition) is 2. The molecule has 0 spiro atoms. The van der Waals surface area contributed by atoms with Crippen LogP contribution in [0, 0.1) is 5.92 Å². The largest absolute Gasteiger partial charge is 0.379 e. The summed E-state index contributed by atoms with van der Waals surface area (Å²) < 4.78 is 5.52. The minimum Gasteiger partial charge on any atom is -0.379 e. The van der Waals surface area contributed by atoms with Gasteiger partial charge in [-0.1, -0.05) is 33.6 Å². The highest BCUT2D eigenvalue weighted by Gasteiger charge is 1.97. The number of rotatable bonds is 10. The van der Waals surface area contributed by atoms with Gasteiger partial charge in [0.05, 0.1) is 6.61 Å². The second-order valence-electron chi connectivity index (χ2n) is 4.86. The van der Waals surface area contributed by atoms with Crippen molar-refractivity contribution in [1.82, 2.24) is 10.6 Å². The Morgan fingerprint density at radius 1 is 1.16 bits per heavy atom. The highest BCUT2D eigenvalue weighted by atomic mass is 127. The van der Waals surface area contributed by atoms with Crippen LogP contribution < -0.4 is 10.6 Å². The van der Waals surface area contributed by atoms with Crippen LogP contribution in [0.1, 0.15) is 47.0 Å². The number of aliphatic imine (C=N–C) groups is 1. The van der Waals surface area contributed by atoms with Crippen molar-refractivity contribution in [2.75, 3.05) is 32.8 Å². The number of hydrogen-bond acceptors (Lipinski definition) is 2. The quantitative estimate of drug-likeness (QED) is 0.263. The van der Waals surface area contributed by atoms with Gasteiger partial charge in [-0.2, -0.15) is 0 Å². The second kappa shape index (κ2) is 16.0. The summed E-state index contributed by atoms with van der Waals surface area (Å²) in [6.07, 6.45) is 3.65. The summed E-state index contributed by atoms with van der Waals surface area (Å²) in [5.74, 6) is 1.50. The van der Waals surface area contributed by atoms with Crippen molar-refractivity contribution in [3.63, 3.8) is 0 Å². The SMILES string of the molecule is CCCCCN=C(NCC)NCCOCC(C)C.I. The summed E-state index contributed by atoms with van der Waals surface area (Å²) in [4.78, 5) is 4.52. The monoisotopic (exact) mass is 385 g/mol. The first-order valence-electron chi connectivity index (χ1n) is 7.30. The molecule has 0 aliphatic heterocycles. The van der Waals surface area contributed by atoms with Crippen LogP contribution in [0.15, 0.2) is 4.99 Å². The molecule has 0 bridgehead atoms. The summed E-state index contributed by atoms with van der Waals surface area (Å²) in [7, 11) is 0. The van der Waals surface area contributed by atoms with Crippen molar-refractivity contribution in [2.45, 2.75) is 47.0 Å². The van der Waals surface area contributed by atoms with E-state index < -0.39 is 0 Å². The number of ether oxygens (including phenoxy) is 1. The van der Waals surface area contributed by atoms with Gasteiger partial charge in [0.25, 0.3) is 0 Å². The minimum absolute atomic E-state index is 0. The third-order valence-electron chi connectivity index (χ3n) is 2.37. The molecule has 116 valence electrons. The Hall–Kier alpha value is -0.0400. The zero-order valence-electron chi connectivity index (χ0n) is 13.0. The average molecular weight is 385 g/mol. The Morgan fingerprint density at radius 2 is 1.89 bits per heavy atom. The molecule has 0 saturated heterocycles. The fraction of sp³-hybridized carbons (Fsp3) is 0.929. The standard InChI is InChI=1S/C14H31N3O.HI/c1-5-7-8-9-16-14(15-6-2)17-10-11-18-12-13(3)4;/h13H,5-12H2,1-4H3,(H2,15,16,17);1H. The molecule has 0 unspecified atom stereocenters. The van der Waals surface area contributed by atoms with E-state index in [-0.39, 0.29) is 24.0 Å². The van der Waals surface area contributed by atoms with Crippen LogP contribution >= 0.6 is 24.0 Å². The molecule has 2 N–H and O–H groups in total. The zero-order valence-corrected chi connectivity index (χ0v) is 15.3. The van der Waals surface area contributed by atoms with Crippen LogP contribution in [0.5, 0.6) is 0 Å². The molecule has 0 saturated carbocycles. The third kappa shape index (κ3) is 15.9. The van der Waals surface area contributed by atoms with Crippen LogP contribution in [-0.2, 0) is 4.74 Å². The van der Waals surface area contributed by atoms with Crippen molar-refractivity contribution in [3.05, 3.63) is 0 Å². The predicted molar refractivity (Wildman–Crippen MR) is 94.6 cm³/mol. The first-order valence-corrected chi connectivity index (χ1v) is 7.30. The summed E-state index contributed by atoms with van der Waals surface area (Å²) in [5, 5.41) is 6.53. The lowest BCUT2D eigenvalue weighted by atomic mass is 10.2. The summed E-state index contributed by atoms with van der Waals surface area (Å²) in [6, 6.07) is 0. The molecular formula is C14H32IN3O. The van der Waals surface area contributed by atoms with E-state index in [1.54, 1.807) is 0 Å². The maximum Gasteiger partial charge on any atom is 0.191 e. The van der Waals surface area contributed by atoms with Gasteiger partial charge in [-0.15, -0.1) is 24.0 Å². The van der Waals surface area contributed by atoms with Crippen molar-refractivity contribution in [2.24, 2.45) is 10.9 Å². The van der Waals surface area contributed by atoms with E-state index in [1.165, 1.54) is 12.8 Å². The lowest BCUT2D eigenvalue weighted by Gasteiger charge is -2.12. The number of nitrogens with zero attached hydrogens (tertiary/aromatic N) is 1. The van der Waals surface area contributed by atoms with E-state index in [1.807, 2.05) is 0 Å². The summed E-state index contributed by atoms with van der Waals surface area (Å²) >= 11 is 0. The number of nitrogens with one attached hydrogen (secondary N) is 2. The molecule has 0 aromatic heterocycles. The van der Waals surface area contributed by atoms with Crippen molar-refractivity contribution >= 4 is 29.9 Å².